The molecule has 0 saturated carbocycles. The number of rotatable bonds is 5. The van der Waals surface area contributed by atoms with Crippen LogP contribution in [0.15, 0.2) is 42.5 Å². The number of halogens is 2. The maximum absolute atomic E-state index is 12.3. The fourth-order valence-electron chi connectivity index (χ4n) is 2.94. The molecule has 1 aliphatic rings. The summed E-state index contributed by atoms with van der Waals surface area (Å²) in [5.41, 5.74) is 1.94. The number of aryl methyl sites for hydroxylation is 1. The molecule has 8 heteroatoms. The fourth-order valence-corrected chi connectivity index (χ4v) is 3.35. The number of nitrogens with zero attached hydrogens (tertiary/aromatic N) is 1. The van der Waals surface area contributed by atoms with Gasteiger partial charge in [-0.1, -0.05) is 41.4 Å². The molecule has 2 amide bonds. The van der Waals surface area contributed by atoms with E-state index in [1.54, 1.807) is 42.5 Å². The largest absolute Gasteiger partial charge is 0.455 e. The van der Waals surface area contributed by atoms with Gasteiger partial charge in [0.2, 0.25) is 5.91 Å². The highest BCUT2D eigenvalue weighted by atomic mass is 35.5. The number of esters is 1. The number of carbonyl (C=O) groups excluding carboxylic acids is 3. The monoisotopic (exact) mass is 420 g/mol. The van der Waals surface area contributed by atoms with Crippen molar-refractivity contribution in [1.82, 2.24) is 0 Å². The Morgan fingerprint density at radius 3 is 2.71 bits per heavy atom. The normalized spacial score (nSPS) is 16.2. The van der Waals surface area contributed by atoms with Gasteiger partial charge in [0.1, 0.15) is 0 Å². The number of amides is 2. The second kappa shape index (κ2) is 8.63. The highest BCUT2D eigenvalue weighted by molar-refractivity contribution is 6.34. The number of hydrogen-bond donors (Lipinski definition) is 1. The summed E-state index contributed by atoms with van der Waals surface area (Å²) in [6.45, 7) is 1.55. The Hall–Kier alpha value is -2.57. The molecule has 0 aromatic heterocycles. The first-order chi connectivity index (χ1) is 13.3. The topological polar surface area (TPSA) is 75.7 Å². The van der Waals surface area contributed by atoms with E-state index in [9.17, 15) is 14.4 Å². The van der Waals surface area contributed by atoms with E-state index < -0.39 is 24.4 Å². The van der Waals surface area contributed by atoms with Crippen LogP contribution in [-0.2, 0) is 19.1 Å². The van der Waals surface area contributed by atoms with Crippen LogP contribution in [-0.4, -0.2) is 30.9 Å². The third-order valence-corrected chi connectivity index (χ3v) is 4.98. The van der Waals surface area contributed by atoms with Gasteiger partial charge in [0, 0.05) is 23.7 Å². The molecule has 1 N–H and O–H groups in total. The summed E-state index contributed by atoms with van der Waals surface area (Å²) in [5, 5.41) is 3.57. The lowest BCUT2D eigenvalue weighted by Gasteiger charge is -2.17. The molecule has 3 rings (SSSR count). The fraction of sp³-hybridized carbons (Fsp3) is 0.250. The van der Waals surface area contributed by atoms with Crippen molar-refractivity contribution in [2.75, 3.05) is 23.4 Å². The number of anilines is 2. The Balaban J connectivity index is 1.55. The third-order valence-electron chi connectivity index (χ3n) is 4.42. The van der Waals surface area contributed by atoms with E-state index in [4.69, 9.17) is 27.9 Å². The van der Waals surface area contributed by atoms with E-state index in [0.29, 0.717) is 21.4 Å². The van der Waals surface area contributed by atoms with Crippen LogP contribution in [0.1, 0.15) is 12.0 Å². The van der Waals surface area contributed by atoms with E-state index in [-0.39, 0.29) is 18.9 Å². The summed E-state index contributed by atoms with van der Waals surface area (Å²) in [4.78, 5) is 38.1. The average Bonchev–Trinajstić information content (AvgIpc) is 3.05. The SMILES string of the molecule is Cc1ccc(Cl)cc1NC(=O)COC(=O)[C@@H]1CC(=O)N(c2ccccc2Cl)C1. The number of nitrogens with one attached hydrogen (secondary N) is 1. The van der Waals surface area contributed by atoms with E-state index in [0.717, 1.165) is 5.56 Å². The van der Waals surface area contributed by atoms with Crippen LogP contribution in [0.3, 0.4) is 0 Å². The molecule has 0 aliphatic carbocycles. The van der Waals surface area contributed by atoms with Crippen molar-refractivity contribution in [3.05, 3.63) is 58.1 Å². The molecule has 1 fully saturated rings. The maximum atomic E-state index is 12.3. The van der Waals surface area contributed by atoms with Gasteiger partial charge in [-0.2, -0.15) is 0 Å². The molecular weight excluding hydrogens is 403 g/mol. The van der Waals surface area contributed by atoms with Crippen molar-refractivity contribution in [1.29, 1.82) is 0 Å². The Morgan fingerprint density at radius 1 is 1.21 bits per heavy atom. The minimum Gasteiger partial charge on any atom is -0.455 e. The summed E-state index contributed by atoms with van der Waals surface area (Å²) in [6, 6.07) is 12.0. The lowest BCUT2D eigenvalue weighted by molar-refractivity contribution is -0.151. The smallest absolute Gasteiger partial charge is 0.311 e. The van der Waals surface area contributed by atoms with Gasteiger partial charge in [0.05, 0.1) is 16.6 Å². The number of para-hydroxylation sites is 1. The quantitative estimate of drug-likeness (QED) is 0.745. The molecule has 1 aliphatic heterocycles. The molecule has 1 heterocycles. The zero-order valence-corrected chi connectivity index (χ0v) is 16.6. The van der Waals surface area contributed by atoms with Crippen LogP contribution in [0.5, 0.6) is 0 Å². The first kappa shape index (κ1) is 20.2. The van der Waals surface area contributed by atoms with Gasteiger partial charge in [-0.3, -0.25) is 14.4 Å². The Bertz CT molecular complexity index is 932. The lowest BCUT2D eigenvalue weighted by Crippen LogP contribution is -2.28. The molecule has 0 unspecified atom stereocenters. The lowest BCUT2D eigenvalue weighted by atomic mass is 10.1. The Kier molecular flexibility index (Phi) is 6.21. The summed E-state index contributed by atoms with van der Waals surface area (Å²) in [7, 11) is 0. The Morgan fingerprint density at radius 2 is 1.96 bits per heavy atom. The summed E-state index contributed by atoms with van der Waals surface area (Å²) < 4.78 is 5.10. The van der Waals surface area contributed by atoms with Gasteiger partial charge in [0.15, 0.2) is 6.61 Å². The number of ether oxygens (including phenoxy) is 1. The zero-order valence-electron chi connectivity index (χ0n) is 15.1. The number of hydrogen-bond acceptors (Lipinski definition) is 4. The van der Waals surface area contributed by atoms with Crippen molar-refractivity contribution >= 4 is 52.4 Å². The molecule has 6 nitrogen and oxygen atoms in total. The summed E-state index contributed by atoms with van der Waals surface area (Å²) >= 11 is 12.0. The number of carbonyl (C=O) groups is 3. The van der Waals surface area contributed by atoms with Gasteiger partial charge in [0.25, 0.3) is 5.91 Å². The predicted molar refractivity (Wildman–Crippen MR) is 108 cm³/mol. The molecule has 0 bridgehead atoms. The van der Waals surface area contributed by atoms with Crippen molar-refractivity contribution < 1.29 is 19.1 Å². The molecule has 28 heavy (non-hydrogen) atoms. The molecule has 2 aromatic rings. The van der Waals surface area contributed by atoms with Crippen LogP contribution in [0.4, 0.5) is 11.4 Å². The van der Waals surface area contributed by atoms with Crippen LogP contribution >= 0.6 is 23.2 Å². The van der Waals surface area contributed by atoms with Gasteiger partial charge in [-0.15, -0.1) is 0 Å². The third kappa shape index (κ3) is 4.64. The summed E-state index contributed by atoms with van der Waals surface area (Å²) in [5.74, 6) is -1.94. The van der Waals surface area contributed by atoms with Gasteiger partial charge >= 0.3 is 5.97 Å². The molecule has 2 aromatic carbocycles. The van der Waals surface area contributed by atoms with Gasteiger partial charge in [-0.25, -0.2) is 0 Å². The standard InChI is InChI=1S/C20H18Cl2N2O4/c1-12-6-7-14(21)9-16(12)23-18(25)11-28-20(27)13-8-19(26)24(10-13)17-5-3-2-4-15(17)22/h2-7,9,13H,8,10-11H2,1H3,(H,23,25)/t13-/m1/s1. The van der Waals surface area contributed by atoms with Crippen molar-refractivity contribution in [3.63, 3.8) is 0 Å². The predicted octanol–water partition coefficient (Wildman–Crippen LogP) is 3.84. The van der Waals surface area contributed by atoms with Crippen molar-refractivity contribution in [3.8, 4) is 0 Å². The van der Waals surface area contributed by atoms with E-state index >= 15 is 0 Å². The first-order valence-corrected chi connectivity index (χ1v) is 9.38. The average molecular weight is 421 g/mol. The Labute approximate surface area is 172 Å². The van der Waals surface area contributed by atoms with Crippen molar-refractivity contribution in [2.24, 2.45) is 5.92 Å². The van der Waals surface area contributed by atoms with E-state index in [2.05, 4.69) is 5.32 Å². The second-order valence-corrected chi connectivity index (χ2v) is 7.32. The molecule has 1 atom stereocenters. The van der Waals surface area contributed by atoms with E-state index in [1.807, 2.05) is 6.92 Å². The van der Waals surface area contributed by atoms with Crippen molar-refractivity contribution in [2.45, 2.75) is 13.3 Å². The highest BCUT2D eigenvalue weighted by Gasteiger charge is 2.37. The van der Waals surface area contributed by atoms with Crippen LogP contribution in [0.2, 0.25) is 10.0 Å². The minimum absolute atomic E-state index is 0.0130. The zero-order chi connectivity index (χ0) is 20.3. The highest BCUT2D eigenvalue weighted by Crippen LogP contribution is 2.31. The van der Waals surface area contributed by atoms with Crippen LogP contribution < -0.4 is 10.2 Å². The molecular formula is C20H18Cl2N2O4. The second-order valence-electron chi connectivity index (χ2n) is 6.47. The summed E-state index contributed by atoms with van der Waals surface area (Å²) in [6.07, 6.45) is 0.0130. The molecule has 146 valence electrons. The molecule has 0 spiro atoms. The van der Waals surface area contributed by atoms with Crippen LogP contribution in [0, 0.1) is 12.8 Å². The minimum atomic E-state index is -0.649. The number of benzene rings is 2. The van der Waals surface area contributed by atoms with Gasteiger partial charge < -0.3 is 15.0 Å². The molecule has 0 radical (unpaired) electrons. The van der Waals surface area contributed by atoms with E-state index in [1.165, 1.54) is 4.90 Å². The maximum Gasteiger partial charge on any atom is 0.311 e. The first-order valence-electron chi connectivity index (χ1n) is 8.62. The van der Waals surface area contributed by atoms with Gasteiger partial charge in [-0.05, 0) is 36.8 Å². The molecule has 1 saturated heterocycles. The van der Waals surface area contributed by atoms with Crippen LogP contribution in [0.25, 0.3) is 0 Å².